The highest BCUT2D eigenvalue weighted by Gasteiger charge is 2.21. The third-order valence-corrected chi connectivity index (χ3v) is 2.58. The molecule has 0 aliphatic carbocycles. The van der Waals surface area contributed by atoms with E-state index in [2.05, 4.69) is 58.1 Å². The van der Waals surface area contributed by atoms with Crippen molar-refractivity contribution in [3.05, 3.63) is 12.7 Å². The Morgan fingerprint density at radius 3 is 2.71 bits per heavy atom. The summed E-state index contributed by atoms with van der Waals surface area (Å²) in [5, 5.41) is 2.11. The van der Waals surface area contributed by atoms with Crippen LogP contribution in [0.25, 0.3) is 11.2 Å². The van der Waals surface area contributed by atoms with Gasteiger partial charge in [-0.1, -0.05) is 6.92 Å². The largest absolute Gasteiger partial charge is 0.329 e. The van der Waals surface area contributed by atoms with Gasteiger partial charge in [-0.3, -0.25) is 0 Å². The van der Waals surface area contributed by atoms with E-state index in [-0.39, 0.29) is 5.54 Å². The van der Waals surface area contributed by atoms with Gasteiger partial charge < -0.3 is 10.4 Å². The molecule has 6 nitrogen and oxygen atoms in total. The zero-order valence-corrected chi connectivity index (χ0v) is 10.7. The van der Waals surface area contributed by atoms with Crippen molar-refractivity contribution in [2.45, 2.75) is 33.2 Å². The summed E-state index contributed by atoms with van der Waals surface area (Å²) in [6.07, 6.45) is 3.15. The van der Waals surface area contributed by atoms with Crippen LogP contribution in [0.4, 0.5) is 5.82 Å². The van der Waals surface area contributed by atoms with E-state index in [0.717, 1.165) is 23.5 Å². The Bertz CT molecular complexity index is 498. The highest BCUT2D eigenvalue weighted by molar-refractivity contribution is 5.81. The lowest BCUT2D eigenvalue weighted by Gasteiger charge is -2.34. The fraction of sp³-hybridized carbons (Fsp3) is 0.545. The van der Waals surface area contributed by atoms with Crippen LogP contribution in [-0.4, -0.2) is 37.0 Å². The minimum absolute atomic E-state index is 0.0162. The molecule has 6 heteroatoms. The van der Waals surface area contributed by atoms with E-state index in [4.69, 9.17) is 0 Å². The van der Waals surface area contributed by atoms with Gasteiger partial charge in [-0.25, -0.2) is 20.0 Å². The molecule has 0 fully saturated rings. The smallest absolute Gasteiger partial charge is 0.172 e. The lowest BCUT2D eigenvalue weighted by molar-refractivity contribution is 0.182. The Morgan fingerprint density at radius 2 is 2.06 bits per heavy atom. The molecule has 92 valence electrons. The summed E-state index contributed by atoms with van der Waals surface area (Å²) < 4.78 is 0. The van der Waals surface area contributed by atoms with Gasteiger partial charge in [0, 0.05) is 12.1 Å². The van der Waals surface area contributed by atoms with Crippen LogP contribution < -0.4 is 5.43 Å². The average molecular weight is 234 g/mol. The van der Waals surface area contributed by atoms with Crippen LogP contribution in [-0.2, 0) is 0 Å². The summed E-state index contributed by atoms with van der Waals surface area (Å²) in [5.41, 5.74) is 4.82. The number of hydrazine groups is 1. The lowest BCUT2D eigenvalue weighted by atomic mass is 10.1. The summed E-state index contributed by atoms with van der Waals surface area (Å²) in [5.74, 6) is 0.730. The molecule has 0 aliphatic heterocycles. The zero-order valence-electron chi connectivity index (χ0n) is 10.7. The van der Waals surface area contributed by atoms with Crippen molar-refractivity contribution in [3.8, 4) is 0 Å². The molecule has 2 N–H and O–H groups in total. The van der Waals surface area contributed by atoms with Crippen molar-refractivity contribution in [1.82, 2.24) is 24.9 Å². The number of imidazole rings is 1. The number of hydrogen-bond donors (Lipinski definition) is 2. The number of aromatic nitrogens is 4. The van der Waals surface area contributed by atoms with Crippen LogP contribution in [0, 0.1) is 0 Å². The van der Waals surface area contributed by atoms with Gasteiger partial charge in [0.2, 0.25) is 0 Å². The molecular formula is C11H18N6. The molecule has 0 atom stereocenters. The molecule has 0 radical (unpaired) electrons. The fourth-order valence-electron chi connectivity index (χ4n) is 1.70. The second kappa shape index (κ2) is 4.29. The number of aromatic amines is 1. The van der Waals surface area contributed by atoms with E-state index < -0.39 is 0 Å². The van der Waals surface area contributed by atoms with E-state index in [9.17, 15) is 0 Å². The van der Waals surface area contributed by atoms with Crippen molar-refractivity contribution in [2.24, 2.45) is 0 Å². The fourth-order valence-corrected chi connectivity index (χ4v) is 1.70. The summed E-state index contributed by atoms with van der Waals surface area (Å²) >= 11 is 0. The van der Waals surface area contributed by atoms with Crippen molar-refractivity contribution in [3.63, 3.8) is 0 Å². The van der Waals surface area contributed by atoms with Crippen molar-refractivity contribution in [2.75, 3.05) is 12.0 Å². The first kappa shape index (κ1) is 11.8. The zero-order chi connectivity index (χ0) is 12.5. The molecule has 0 bridgehead atoms. The van der Waals surface area contributed by atoms with E-state index in [1.54, 1.807) is 6.33 Å². The molecule has 0 unspecified atom stereocenters. The molecule has 2 rings (SSSR count). The third kappa shape index (κ3) is 2.36. The number of nitrogens with zero attached hydrogens (tertiary/aromatic N) is 4. The molecule has 2 aromatic heterocycles. The van der Waals surface area contributed by atoms with Gasteiger partial charge in [-0.2, -0.15) is 0 Å². The van der Waals surface area contributed by atoms with Crippen LogP contribution >= 0.6 is 0 Å². The monoisotopic (exact) mass is 234 g/mol. The maximum absolute atomic E-state index is 4.23. The highest BCUT2D eigenvalue weighted by Crippen LogP contribution is 2.19. The predicted molar refractivity (Wildman–Crippen MR) is 67.4 cm³/mol. The van der Waals surface area contributed by atoms with Gasteiger partial charge in [0.25, 0.3) is 0 Å². The standard InChI is InChI=1S/C11H18N6/c1-5-17(11(2,3)4)16-10-8-9(13-6-12-8)14-7-15-10/h6-7H,5H2,1-4H3,(H2,12,13,14,15,16). The predicted octanol–water partition coefficient (Wildman–Crippen LogP) is 1.80. The number of hydrogen-bond acceptors (Lipinski definition) is 5. The molecular weight excluding hydrogens is 216 g/mol. The molecule has 0 saturated carbocycles. The molecule has 0 saturated heterocycles. The molecule has 0 aliphatic rings. The van der Waals surface area contributed by atoms with Gasteiger partial charge in [-0.15, -0.1) is 0 Å². The van der Waals surface area contributed by atoms with E-state index in [0.29, 0.717) is 0 Å². The van der Waals surface area contributed by atoms with Crippen LogP contribution in [0.15, 0.2) is 12.7 Å². The first-order valence-corrected chi connectivity index (χ1v) is 5.70. The second-order valence-electron chi connectivity index (χ2n) is 4.85. The minimum atomic E-state index is 0.0162. The third-order valence-electron chi connectivity index (χ3n) is 2.58. The van der Waals surface area contributed by atoms with E-state index in [1.165, 1.54) is 6.33 Å². The van der Waals surface area contributed by atoms with E-state index in [1.807, 2.05) is 0 Å². The van der Waals surface area contributed by atoms with Crippen LogP contribution in [0.5, 0.6) is 0 Å². The minimum Gasteiger partial charge on any atom is -0.329 e. The summed E-state index contributed by atoms with van der Waals surface area (Å²) in [6.45, 7) is 9.41. The Balaban J connectivity index is 2.31. The average Bonchev–Trinajstić information content (AvgIpc) is 2.72. The number of H-pyrrole nitrogens is 1. The van der Waals surface area contributed by atoms with Crippen molar-refractivity contribution in [1.29, 1.82) is 0 Å². The Labute approximate surface area is 100 Å². The summed E-state index contributed by atoms with van der Waals surface area (Å²) in [4.78, 5) is 15.5. The quantitative estimate of drug-likeness (QED) is 0.792. The maximum atomic E-state index is 4.23. The maximum Gasteiger partial charge on any atom is 0.172 e. The number of fused-ring (bicyclic) bond motifs is 1. The normalized spacial score (nSPS) is 12.3. The number of rotatable bonds is 3. The van der Waals surface area contributed by atoms with E-state index >= 15 is 0 Å². The topological polar surface area (TPSA) is 69.7 Å². The van der Waals surface area contributed by atoms with Crippen molar-refractivity contribution >= 4 is 17.0 Å². The Kier molecular flexibility index (Phi) is 2.97. The summed E-state index contributed by atoms with van der Waals surface area (Å²) in [6, 6.07) is 0. The van der Waals surface area contributed by atoms with Gasteiger partial charge in [0.15, 0.2) is 17.0 Å². The second-order valence-corrected chi connectivity index (χ2v) is 4.85. The highest BCUT2D eigenvalue weighted by atomic mass is 15.5. The molecule has 17 heavy (non-hydrogen) atoms. The van der Waals surface area contributed by atoms with Gasteiger partial charge in [0.1, 0.15) is 6.33 Å². The molecule has 2 heterocycles. The van der Waals surface area contributed by atoms with Crippen molar-refractivity contribution < 1.29 is 0 Å². The molecule has 0 aromatic carbocycles. The van der Waals surface area contributed by atoms with Gasteiger partial charge >= 0.3 is 0 Å². The number of anilines is 1. The SMILES string of the molecule is CCN(Nc1ncnc2[nH]cnc12)C(C)(C)C. The van der Waals surface area contributed by atoms with Crippen LogP contribution in [0.1, 0.15) is 27.7 Å². The van der Waals surface area contributed by atoms with Crippen LogP contribution in [0.3, 0.4) is 0 Å². The first-order valence-electron chi connectivity index (χ1n) is 5.70. The molecule has 0 amide bonds. The summed E-state index contributed by atoms with van der Waals surface area (Å²) in [7, 11) is 0. The van der Waals surface area contributed by atoms with Crippen LogP contribution in [0.2, 0.25) is 0 Å². The Hall–Kier alpha value is -1.69. The first-order chi connectivity index (χ1) is 8.02. The van der Waals surface area contributed by atoms with Gasteiger partial charge in [0.05, 0.1) is 6.33 Å². The number of nitrogens with one attached hydrogen (secondary N) is 2. The molecule has 2 aromatic rings. The Morgan fingerprint density at radius 1 is 1.29 bits per heavy atom. The molecule has 0 spiro atoms. The van der Waals surface area contributed by atoms with Gasteiger partial charge in [-0.05, 0) is 20.8 Å². The lowest BCUT2D eigenvalue weighted by Crippen LogP contribution is -2.45.